The normalized spacial score (nSPS) is 17.5. The van der Waals surface area contributed by atoms with Crippen LogP contribution in [0.5, 0.6) is 11.5 Å². The first-order chi connectivity index (χ1) is 11.5. The fourth-order valence-electron chi connectivity index (χ4n) is 2.89. The highest BCUT2D eigenvalue weighted by molar-refractivity contribution is 6.32. The molecule has 1 aromatic rings. The first-order valence-electron chi connectivity index (χ1n) is 8.04. The molecule has 1 fully saturated rings. The van der Waals surface area contributed by atoms with Gasteiger partial charge in [-0.2, -0.15) is 0 Å². The molecular weight excluding hydrogens is 332 g/mol. The lowest BCUT2D eigenvalue weighted by molar-refractivity contribution is -0.119. The van der Waals surface area contributed by atoms with E-state index in [4.69, 9.17) is 26.8 Å². The number of nitrogens with two attached hydrogens (primary N) is 1. The number of piperidine rings is 1. The lowest BCUT2D eigenvalue weighted by atomic mass is 9.95. The van der Waals surface area contributed by atoms with E-state index in [1.54, 1.807) is 6.07 Å². The highest BCUT2D eigenvalue weighted by Gasteiger charge is 2.25. The minimum absolute atomic E-state index is 0.0743. The van der Waals surface area contributed by atoms with Crippen molar-refractivity contribution in [3.63, 3.8) is 0 Å². The minimum Gasteiger partial charge on any atom is -0.493 e. The molecule has 6 nitrogen and oxygen atoms in total. The van der Waals surface area contributed by atoms with Crippen LogP contribution in [0.3, 0.4) is 0 Å². The number of primary amides is 1. The van der Waals surface area contributed by atoms with Crippen LogP contribution in [0.25, 0.3) is 0 Å². The Morgan fingerprint density at radius 3 is 2.79 bits per heavy atom. The van der Waals surface area contributed by atoms with Gasteiger partial charge in [-0.3, -0.25) is 9.59 Å². The number of halogens is 1. The molecule has 1 aromatic carbocycles. The molecule has 0 radical (unpaired) electrons. The van der Waals surface area contributed by atoms with Crippen molar-refractivity contribution in [1.29, 1.82) is 0 Å². The van der Waals surface area contributed by atoms with Gasteiger partial charge in [0.05, 0.1) is 12.1 Å². The first kappa shape index (κ1) is 18.4. The van der Waals surface area contributed by atoms with Crippen LogP contribution in [0, 0.1) is 5.92 Å². The highest BCUT2D eigenvalue weighted by atomic mass is 35.5. The molecule has 0 aromatic heterocycles. The Kier molecular flexibility index (Phi) is 6.31. The van der Waals surface area contributed by atoms with Crippen molar-refractivity contribution in [2.45, 2.75) is 26.2 Å². The van der Waals surface area contributed by atoms with Gasteiger partial charge in [0.1, 0.15) is 0 Å². The Balaban J connectivity index is 2.22. The zero-order valence-corrected chi connectivity index (χ0v) is 14.8. The second kappa shape index (κ2) is 8.24. The van der Waals surface area contributed by atoms with Gasteiger partial charge in [0.25, 0.3) is 11.8 Å². The fourth-order valence-corrected chi connectivity index (χ4v) is 3.16. The van der Waals surface area contributed by atoms with Crippen molar-refractivity contribution in [1.82, 2.24) is 4.90 Å². The summed E-state index contributed by atoms with van der Waals surface area (Å²) in [6.45, 7) is 3.33. The molecule has 0 aliphatic carbocycles. The Morgan fingerprint density at radius 1 is 1.42 bits per heavy atom. The summed E-state index contributed by atoms with van der Waals surface area (Å²) in [5.41, 5.74) is 5.52. The average Bonchev–Trinajstić information content (AvgIpc) is 2.59. The summed E-state index contributed by atoms with van der Waals surface area (Å²) in [5, 5.41) is 0.211. The largest absolute Gasteiger partial charge is 0.493 e. The average molecular weight is 355 g/mol. The molecule has 1 aliphatic heterocycles. The van der Waals surface area contributed by atoms with Crippen LogP contribution in [0.1, 0.15) is 36.5 Å². The lowest BCUT2D eigenvalue weighted by Gasteiger charge is -2.32. The van der Waals surface area contributed by atoms with Gasteiger partial charge >= 0.3 is 0 Å². The summed E-state index contributed by atoms with van der Waals surface area (Å²) in [6.07, 6.45) is 3.23. The Morgan fingerprint density at radius 2 is 2.17 bits per heavy atom. The molecule has 0 spiro atoms. The van der Waals surface area contributed by atoms with E-state index < -0.39 is 5.91 Å². The Labute approximate surface area is 146 Å². The monoisotopic (exact) mass is 354 g/mol. The van der Waals surface area contributed by atoms with Gasteiger partial charge in [-0.25, -0.2) is 0 Å². The zero-order valence-electron chi connectivity index (χ0n) is 14.0. The number of methoxy groups -OCH3 is 1. The van der Waals surface area contributed by atoms with Crippen LogP contribution < -0.4 is 15.2 Å². The predicted molar refractivity (Wildman–Crippen MR) is 91.6 cm³/mol. The van der Waals surface area contributed by atoms with E-state index in [9.17, 15) is 9.59 Å². The molecule has 2 rings (SSSR count). The van der Waals surface area contributed by atoms with Crippen LogP contribution in [0.4, 0.5) is 0 Å². The lowest BCUT2D eigenvalue weighted by Crippen LogP contribution is -2.39. The molecule has 0 bridgehead atoms. The molecule has 1 aliphatic rings. The van der Waals surface area contributed by atoms with Crippen molar-refractivity contribution in [2.75, 3.05) is 26.8 Å². The Bertz CT molecular complexity index is 621. The van der Waals surface area contributed by atoms with E-state index >= 15 is 0 Å². The maximum Gasteiger partial charge on any atom is 0.255 e. The molecule has 0 saturated carbocycles. The summed E-state index contributed by atoms with van der Waals surface area (Å²) in [4.78, 5) is 25.5. The number of hydrogen-bond acceptors (Lipinski definition) is 4. The van der Waals surface area contributed by atoms with Crippen LogP contribution in [-0.2, 0) is 4.79 Å². The maximum atomic E-state index is 12.8. The third kappa shape index (κ3) is 4.32. The number of carbonyl (C=O) groups is 2. The van der Waals surface area contributed by atoms with Crippen molar-refractivity contribution >= 4 is 23.4 Å². The van der Waals surface area contributed by atoms with E-state index in [2.05, 4.69) is 6.92 Å². The molecule has 1 heterocycles. The third-order valence-electron chi connectivity index (χ3n) is 4.22. The molecule has 2 amide bonds. The number of likely N-dealkylation sites (tertiary alicyclic amines) is 1. The van der Waals surface area contributed by atoms with Gasteiger partial charge in [0.2, 0.25) is 0 Å². The van der Waals surface area contributed by atoms with Crippen LogP contribution >= 0.6 is 11.6 Å². The topological polar surface area (TPSA) is 81.9 Å². The van der Waals surface area contributed by atoms with Crippen LogP contribution in [0.2, 0.25) is 5.02 Å². The van der Waals surface area contributed by atoms with Gasteiger partial charge in [-0.05, 0) is 30.9 Å². The maximum absolute atomic E-state index is 12.8. The summed E-state index contributed by atoms with van der Waals surface area (Å²) >= 11 is 6.21. The van der Waals surface area contributed by atoms with E-state index in [1.807, 2.05) is 4.90 Å². The summed E-state index contributed by atoms with van der Waals surface area (Å²) in [5.74, 6) is 0.357. The van der Waals surface area contributed by atoms with Crippen molar-refractivity contribution < 1.29 is 19.1 Å². The van der Waals surface area contributed by atoms with Gasteiger partial charge in [0.15, 0.2) is 18.1 Å². The molecule has 1 atom stereocenters. The molecule has 7 heteroatoms. The summed E-state index contributed by atoms with van der Waals surface area (Å²) in [7, 11) is 1.45. The van der Waals surface area contributed by atoms with Crippen molar-refractivity contribution in [2.24, 2.45) is 11.7 Å². The molecular formula is C17H23ClN2O4. The first-order valence-corrected chi connectivity index (χ1v) is 8.42. The minimum atomic E-state index is -0.618. The number of amides is 2. The third-order valence-corrected chi connectivity index (χ3v) is 4.50. The van der Waals surface area contributed by atoms with E-state index in [0.717, 1.165) is 32.4 Å². The van der Waals surface area contributed by atoms with E-state index in [0.29, 0.717) is 17.2 Å². The predicted octanol–water partition coefficient (Wildman–Crippen LogP) is 2.47. The number of benzene rings is 1. The number of ether oxygens (including phenoxy) is 2. The van der Waals surface area contributed by atoms with E-state index in [-0.39, 0.29) is 23.3 Å². The SMILES string of the molecule is CCC1CCCN(C(=O)c2cc(Cl)c(OCC(N)=O)c(OC)c2)C1. The molecule has 24 heavy (non-hydrogen) atoms. The number of carbonyl (C=O) groups excluding carboxylic acids is 2. The number of nitrogens with zero attached hydrogens (tertiary/aromatic N) is 1. The summed E-state index contributed by atoms with van der Waals surface area (Å²) in [6, 6.07) is 3.12. The number of rotatable bonds is 6. The van der Waals surface area contributed by atoms with Gasteiger partial charge in [-0.1, -0.05) is 24.9 Å². The van der Waals surface area contributed by atoms with Gasteiger partial charge in [-0.15, -0.1) is 0 Å². The van der Waals surface area contributed by atoms with Crippen molar-refractivity contribution in [3.05, 3.63) is 22.7 Å². The number of hydrogen-bond donors (Lipinski definition) is 1. The van der Waals surface area contributed by atoms with Crippen molar-refractivity contribution in [3.8, 4) is 11.5 Å². The second-order valence-electron chi connectivity index (χ2n) is 5.91. The van der Waals surface area contributed by atoms with Crippen LogP contribution in [-0.4, -0.2) is 43.5 Å². The zero-order chi connectivity index (χ0) is 17.7. The Hall–Kier alpha value is -1.95. The quantitative estimate of drug-likeness (QED) is 0.850. The summed E-state index contributed by atoms with van der Waals surface area (Å²) < 4.78 is 10.5. The van der Waals surface area contributed by atoms with Crippen LogP contribution in [0.15, 0.2) is 12.1 Å². The smallest absolute Gasteiger partial charge is 0.255 e. The highest BCUT2D eigenvalue weighted by Crippen LogP contribution is 2.37. The molecule has 132 valence electrons. The molecule has 2 N–H and O–H groups in total. The van der Waals surface area contributed by atoms with E-state index in [1.165, 1.54) is 13.2 Å². The standard InChI is InChI=1S/C17H23ClN2O4/c1-3-11-5-4-6-20(9-11)17(22)12-7-13(18)16(14(8-12)23-2)24-10-15(19)21/h7-8,11H,3-6,9-10H2,1-2H3,(H2,19,21). The second-order valence-corrected chi connectivity index (χ2v) is 6.32. The fraction of sp³-hybridized carbons (Fsp3) is 0.529. The molecule has 1 unspecified atom stereocenters. The van der Waals surface area contributed by atoms with Gasteiger partial charge in [0, 0.05) is 18.7 Å². The van der Waals surface area contributed by atoms with Gasteiger partial charge < -0.3 is 20.1 Å². The molecule has 1 saturated heterocycles.